The molecule has 0 N–H and O–H groups in total. The molecular weight excluding hydrogens is 163 g/mol. The maximum atomic E-state index is 9.65. The molecule has 0 aliphatic rings. The predicted molar refractivity (Wildman–Crippen MR) is 25.5 cm³/mol. The van der Waals surface area contributed by atoms with E-state index < -0.39 is 9.24 Å². The molecule has 42 valence electrons. The van der Waals surface area contributed by atoms with Crippen molar-refractivity contribution in [1.82, 2.24) is 0 Å². The fourth-order valence-electron chi connectivity index (χ4n) is 0.0369. The molecular formula is Cl2N2O2S. The molecule has 0 rings (SSSR count). The number of halogens is 2. The third-order valence-electron chi connectivity index (χ3n) is 0.128. The molecule has 7 heavy (non-hydrogen) atoms. The van der Waals surface area contributed by atoms with Crippen LogP contribution in [-0.4, -0.2) is 8.42 Å². The fourth-order valence-corrected chi connectivity index (χ4v) is 0.542. The predicted octanol–water partition coefficient (Wildman–Crippen LogP) is 1.08. The standard InChI is InChI=1S/Cl2N2O2S/c1-3-4-7(2,5)6. The molecule has 0 heterocycles. The van der Waals surface area contributed by atoms with Crippen molar-refractivity contribution < 1.29 is 8.42 Å². The van der Waals surface area contributed by atoms with Crippen molar-refractivity contribution in [1.29, 1.82) is 0 Å². The highest BCUT2D eigenvalue weighted by molar-refractivity contribution is 8.12. The third kappa shape index (κ3) is 6.13. The first-order valence-corrected chi connectivity index (χ1v) is 3.64. The number of rotatable bonds is 1. The van der Waals surface area contributed by atoms with Crippen LogP contribution in [0.15, 0.2) is 9.15 Å². The van der Waals surface area contributed by atoms with E-state index in [4.69, 9.17) is 0 Å². The second-order valence-corrected chi connectivity index (χ2v) is 2.88. The third-order valence-corrected chi connectivity index (χ3v) is 0.755. The first kappa shape index (κ1) is 7.13. The highest BCUT2D eigenvalue weighted by Crippen LogP contribution is 1.98. The van der Waals surface area contributed by atoms with Crippen molar-refractivity contribution >= 4 is 31.7 Å². The van der Waals surface area contributed by atoms with E-state index in [1.54, 1.807) is 0 Å². The largest absolute Gasteiger partial charge is 0.358 e. The van der Waals surface area contributed by atoms with Crippen LogP contribution in [0.4, 0.5) is 0 Å². The lowest BCUT2D eigenvalue weighted by atomic mass is 13.3. The molecule has 0 aromatic carbocycles. The van der Waals surface area contributed by atoms with Crippen LogP contribution in [0.2, 0.25) is 0 Å². The van der Waals surface area contributed by atoms with Crippen molar-refractivity contribution in [2.45, 2.75) is 0 Å². The SMILES string of the molecule is O=S(=O)(Cl)N=NCl. The monoisotopic (exact) mass is 162 g/mol. The maximum absolute atomic E-state index is 9.65. The van der Waals surface area contributed by atoms with Gasteiger partial charge in [-0.3, -0.25) is 0 Å². The molecule has 0 saturated heterocycles. The van der Waals surface area contributed by atoms with Crippen molar-refractivity contribution in [3.63, 3.8) is 0 Å². The zero-order chi connectivity index (χ0) is 5.91. The van der Waals surface area contributed by atoms with Crippen LogP contribution in [0.5, 0.6) is 0 Å². The van der Waals surface area contributed by atoms with Crippen molar-refractivity contribution in [3.8, 4) is 0 Å². The lowest BCUT2D eigenvalue weighted by molar-refractivity contribution is 0.609. The summed E-state index contributed by atoms with van der Waals surface area (Å²) >= 11 is 4.48. The van der Waals surface area contributed by atoms with Gasteiger partial charge in [0.05, 0.1) is 11.8 Å². The Kier molecular flexibility index (Phi) is 2.49. The van der Waals surface area contributed by atoms with E-state index in [9.17, 15) is 8.42 Å². The van der Waals surface area contributed by atoms with Crippen LogP contribution in [0, 0.1) is 0 Å². The van der Waals surface area contributed by atoms with E-state index in [0.29, 0.717) is 0 Å². The zero-order valence-electron chi connectivity index (χ0n) is 2.88. The van der Waals surface area contributed by atoms with E-state index in [-0.39, 0.29) is 0 Å². The quantitative estimate of drug-likeness (QED) is 0.428. The lowest BCUT2D eigenvalue weighted by Crippen LogP contribution is -1.74. The van der Waals surface area contributed by atoms with Crippen LogP contribution in [-0.2, 0) is 9.24 Å². The van der Waals surface area contributed by atoms with E-state index in [2.05, 4.69) is 31.6 Å². The van der Waals surface area contributed by atoms with Crippen LogP contribution >= 0.6 is 22.5 Å². The molecule has 0 spiro atoms. The number of nitrogens with zero attached hydrogens (tertiary/aromatic N) is 2. The van der Waals surface area contributed by atoms with Gasteiger partial charge in [-0.2, -0.15) is 8.42 Å². The molecule has 0 atom stereocenters. The topological polar surface area (TPSA) is 58.9 Å². The van der Waals surface area contributed by atoms with Crippen LogP contribution in [0.25, 0.3) is 0 Å². The molecule has 0 unspecified atom stereocenters. The summed E-state index contributed by atoms with van der Waals surface area (Å²) in [5.41, 5.74) is 0. The van der Waals surface area contributed by atoms with Gasteiger partial charge >= 0.3 is 9.24 Å². The summed E-state index contributed by atoms with van der Waals surface area (Å²) in [6.45, 7) is 0. The average Bonchev–Trinajstić information content (AvgIpc) is 1.30. The molecule has 0 aromatic heterocycles. The molecule has 7 heteroatoms. The highest BCUT2D eigenvalue weighted by Gasteiger charge is 1.96. The Morgan fingerprint density at radius 2 is 1.86 bits per heavy atom. The molecule has 0 radical (unpaired) electrons. The Balaban J connectivity index is 4.13. The van der Waals surface area contributed by atoms with Crippen molar-refractivity contribution in [3.05, 3.63) is 0 Å². The molecule has 4 nitrogen and oxygen atoms in total. The minimum absolute atomic E-state index is 2.38. The minimum Gasteiger partial charge on any atom is -0.186 e. The first-order valence-electron chi connectivity index (χ1n) is 1.04. The normalized spacial score (nSPS) is 12.9. The smallest absolute Gasteiger partial charge is 0.186 e. The Labute approximate surface area is 49.8 Å². The van der Waals surface area contributed by atoms with Crippen LogP contribution in [0.3, 0.4) is 0 Å². The highest BCUT2D eigenvalue weighted by atomic mass is 35.7. The maximum Gasteiger partial charge on any atom is 0.358 e. The van der Waals surface area contributed by atoms with Gasteiger partial charge < -0.3 is 0 Å². The number of hydrogen-bond donors (Lipinski definition) is 0. The summed E-state index contributed by atoms with van der Waals surface area (Å²) in [7, 11) is 0.585. The van der Waals surface area contributed by atoms with Crippen LogP contribution < -0.4 is 0 Å². The van der Waals surface area contributed by atoms with Gasteiger partial charge in [0.1, 0.15) is 0 Å². The lowest BCUT2D eigenvalue weighted by Gasteiger charge is -1.70. The van der Waals surface area contributed by atoms with Crippen molar-refractivity contribution in [2.75, 3.05) is 0 Å². The second-order valence-electron chi connectivity index (χ2n) is 0.569. The van der Waals surface area contributed by atoms with Crippen molar-refractivity contribution in [2.24, 2.45) is 9.15 Å². The summed E-state index contributed by atoms with van der Waals surface area (Å²) < 4.78 is 24.1. The Bertz CT molecular complexity index is 157. The summed E-state index contributed by atoms with van der Waals surface area (Å²) in [6.07, 6.45) is 0. The van der Waals surface area contributed by atoms with Gasteiger partial charge in [0.15, 0.2) is 0 Å². The van der Waals surface area contributed by atoms with Gasteiger partial charge in [-0.05, 0) is 4.52 Å². The van der Waals surface area contributed by atoms with E-state index in [0.717, 1.165) is 0 Å². The van der Waals surface area contributed by atoms with Gasteiger partial charge in [0.25, 0.3) is 0 Å². The Morgan fingerprint density at radius 3 is 1.86 bits per heavy atom. The molecule has 0 saturated carbocycles. The summed E-state index contributed by atoms with van der Waals surface area (Å²) in [5.74, 6) is 0. The molecule has 0 aliphatic heterocycles. The molecule has 0 amide bonds. The Morgan fingerprint density at radius 1 is 1.43 bits per heavy atom. The summed E-state index contributed by atoms with van der Waals surface area (Å²) in [5, 5.41) is 0. The van der Waals surface area contributed by atoms with E-state index in [1.165, 1.54) is 0 Å². The van der Waals surface area contributed by atoms with Crippen LogP contribution in [0.1, 0.15) is 0 Å². The van der Waals surface area contributed by atoms with Gasteiger partial charge in [0, 0.05) is 10.7 Å². The fraction of sp³-hybridized carbons (Fsp3) is 0. The summed E-state index contributed by atoms with van der Waals surface area (Å²) in [4.78, 5) is 0. The van der Waals surface area contributed by atoms with E-state index in [1.807, 2.05) is 0 Å². The first-order chi connectivity index (χ1) is 3.06. The molecule has 0 aliphatic carbocycles. The molecule has 0 fully saturated rings. The zero-order valence-corrected chi connectivity index (χ0v) is 5.20. The number of hydrogen-bond acceptors (Lipinski definition) is 3. The van der Waals surface area contributed by atoms with E-state index >= 15 is 0 Å². The van der Waals surface area contributed by atoms with Gasteiger partial charge in [-0.15, -0.1) is 0 Å². The second kappa shape index (κ2) is 2.44. The summed E-state index contributed by atoms with van der Waals surface area (Å²) in [6, 6.07) is 0. The van der Waals surface area contributed by atoms with Gasteiger partial charge in [-0.25, -0.2) is 0 Å². The molecule has 0 bridgehead atoms. The Hall–Kier alpha value is 0.130. The van der Waals surface area contributed by atoms with Gasteiger partial charge in [0.2, 0.25) is 0 Å². The van der Waals surface area contributed by atoms with Gasteiger partial charge in [-0.1, -0.05) is 4.63 Å². The average molecular weight is 163 g/mol. The minimum atomic E-state index is -3.88. The molecule has 0 aromatic rings.